The number of ether oxygens (including phenoxy) is 1. The quantitative estimate of drug-likeness (QED) is 0.392. The molecule has 0 amide bonds. The van der Waals surface area contributed by atoms with E-state index < -0.39 is 5.97 Å². The van der Waals surface area contributed by atoms with Crippen molar-refractivity contribution in [2.45, 2.75) is 60.3 Å². The van der Waals surface area contributed by atoms with E-state index in [-0.39, 0.29) is 11.9 Å². The highest BCUT2D eigenvalue weighted by Crippen LogP contribution is 2.12. The smallest absolute Gasteiger partial charge is 0.327 e. The highest BCUT2D eigenvalue weighted by atomic mass is 16.5. The molecule has 21 heavy (non-hydrogen) atoms. The van der Waals surface area contributed by atoms with E-state index in [0.717, 1.165) is 18.4 Å². The summed E-state index contributed by atoms with van der Waals surface area (Å²) in [4.78, 5) is 20.8. The Hall–Kier alpha value is -1.32. The van der Waals surface area contributed by atoms with Crippen LogP contribution in [0, 0.1) is 17.8 Å². The molecule has 1 atom stereocenters. The lowest BCUT2D eigenvalue weighted by Crippen LogP contribution is -2.20. The van der Waals surface area contributed by atoms with Gasteiger partial charge in [0, 0.05) is 6.08 Å². The van der Waals surface area contributed by atoms with Crippen molar-refractivity contribution in [2.75, 3.05) is 6.61 Å². The SMILES string of the molecule is C=CC(=O)O.CC(C)CCCCCOC(=O)C(C)C(C)C. The van der Waals surface area contributed by atoms with Crippen molar-refractivity contribution < 1.29 is 19.4 Å². The van der Waals surface area contributed by atoms with Gasteiger partial charge in [-0.15, -0.1) is 0 Å². The first kappa shape index (κ1) is 22.0. The van der Waals surface area contributed by atoms with Crippen molar-refractivity contribution in [1.29, 1.82) is 0 Å². The van der Waals surface area contributed by atoms with E-state index in [2.05, 4.69) is 34.3 Å². The fourth-order valence-corrected chi connectivity index (χ4v) is 1.41. The number of carbonyl (C=O) groups is 2. The summed E-state index contributed by atoms with van der Waals surface area (Å²) < 4.78 is 5.23. The molecule has 0 aliphatic rings. The summed E-state index contributed by atoms with van der Waals surface area (Å²) in [6.07, 6.45) is 5.52. The van der Waals surface area contributed by atoms with Gasteiger partial charge in [-0.1, -0.05) is 60.5 Å². The predicted octanol–water partition coefficient (Wildman–Crippen LogP) is 4.30. The van der Waals surface area contributed by atoms with Gasteiger partial charge >= 0.3 is 11.9 Å². The molecule has 0 saturated carbocycles. The van der Waals surface area contributed by atoms with Crippen molar-refractivity contribution in [1.82, 2.24) is 0 Å². The van der Waals surface area contributed by atoms with Gasteiger partial charge in [-0.2, -0.15) is 0 Å². The molecule has 0 bridgehead atoms. The van der Waals surface area contributed by atoms with Crippen molar-refractivity contribution in [3.8, 4) is 0 Å². The Kier molecular flexibility index (Phi) is 14.3. The summed E-state index contributed by atoms with van der Waals surface area (Å²) in [5, 5.41) is 7.60. The Morgan fingerprint density at radius 3 is 2.00 bits per heavy atom. The Bertz CT molecular complexity index is 295. The molecule has 0 aliphatic heterocycles. The molecule has 0 heterocycles. The number of aliphatic carboxylic acids is 1. The first-order chi connectivity index (χ1) is 9.72. The van der Waals surface area contributed by atoms with E-state index in [1.807, 2.05) is 6.92 Å². The molecule has 0 spiro atoms. The number of carbonyl (C=O) groups excluding carboxylic acids is 1. The third kappa shape index (κ3) is 16.6. The molecule has 4 nitrogen and oxygen atoms in total. The van der Waals surface area contributed by atoms with Gasteiger partial charge in [0.2, 0.25) is 0 Å². The molecular formula is C17H32O4. The summed E-state index contributed by atoms with van der Waals surface area (Å²) in [6, 6.07) is 0. The van der Waals surface area contributed by atoms with Gasteiger partial charge in [0.25, 0.3) is 0 Å². The Balaban J connectivity index is 0. The monoisotopic (exact) mass is 300 g/mol. The molecule has 0 radical (unpaired) electrons. The molecule has 1 N–H and O–H groups in total. The maximum Gasteiger partial charge on any atom is 0.327 e. The molecule has 0 saturated heterocycles. The van der Waals surface area contributed by atoms with Crippen molar-refractivity contribution in [2.24, 2.45) is 17.8 Å². The maximum atomic E-state index is 11.5. The van der Waals surface area contributed by atoms with Crippen LogP contribution in [0.5, 0.6) is 0 Å². The molecule has 0 fully saturated rings. The average molecular weight is 300 g/mol. The molecule has 1 unspecified atom stereocenters. The highest BCUT2D eigenvalue weighted by molar-refractivity contribution is 5.78. The van der Waals surface area contributed by atoms with Crippen LogP contribution in [0.25, 0.3) is 0 Å². The summed E-state index contributed by atoms with van der Waals surface area (Å²) in [6.45, 7) is 14.1. The summed E-state index contributed by atoms with van der Waals surface area (Å²) >= 11 is 0. The number of esters is 1. The number of carboxylic acid groups (broad SMARTS) is 1. The molecule has 0 rings (SSSR count). The number of rotatable bonds is 9. The Morgan fingerprint density at radius 2 is 1.62 bits per heavy atom. The van der Waals surface area contributed by atoms with Crippen LogP contribution < -0.4 is 0 Å². The van der Waals surface area contributed by atoms with E-state index >= 15 is 0 Å². The van der Waals surface area contributed by atoms with Gasteiger partial charge in [-0.3, -0.25) is 4.79 Å². The number of carboxylic acids is 1. The second-order valence-electron chi connectivity index (χ2n) is 5.99. The maximum absolute atomic E-state index is 11.5. The first-order valence-electron chi connectivity index (χ1n) is 7.74. The summed E-state index contributed by atoms with van der Waals surface area (Å²) in [5.41, 5.74) is 0. The van der Waals surface area contributed by atoms with Gasteiger partial charge in [-0.05, 0) is 18.3 Å². The lowest BCUT2D eigenvalue weighted by molar-refractivity contribution is -0.149. The molecule has 0 aromatic rings. The van der Waals surface area contributed by atoms with Gasteiger partial charge in [0.15, 0.2) is 0 Å². The Morgan fingerprint density at radius 1 is 1.10 bits per heavy atom. The molecule has 0 aromatic carbocycles. The number of unbranched alkanes of at least 4 members (excludes halogenated alkanes) is 2. The second kappa shape index (κ2) is 13.7. The first-order valence-corrected chi connectivity index (χ1v) is 7.74. The Labute approximate surface area is 129 Å². The van der Waals surface area contributed by atoms with Gasteiger partial charge < -0.3 is 9.84 Å². The van der Waals surface area contributed by atoms with E-state index in [4.69, 9.17) is 9.84 Å². The van der Waals surface area contributed by atoms with Crippen LogP contribution in [-0.2, 0) is 14.3 Å². The molecule has 0 aromatic heterocycles. The van der Waals surface area contributed by atoms with E-state index in [1.54, 1.807) is 0 Å². The lowest BCUT2D eigenvalue weighted by Gasteiger charge is -2.14. The topological polar surface area (TPSA) is 63.6 Å². The van der Waals surface area contributed by atoms with Crippen LogP contribution >= 0.6 is 0 Å². The molecule has 4 heteroatoms. The van der Waals surface area contributed by atoms with E-state index in [9.17, 15) is 9.59 Å². The van der Waals surface area contributed by atoms with Crippen LogP contribution in [-0.4, -0.2) is 23.7 Å². The van der Waals surface area contributed by atoms with Gasteiger partial charge in [0.05, 0.1) is 12.5 Å². The zero-order valence-corrected chi connectivity index (χ0v) is 14.2. The van der Waals surface area contributed by atoms with Crippen LogP contribution in [0.4, 0.5) is 0 Å². The zero-order valence-electron chi connectivity index (χ0n) is 14.2. The minimum atomic E-state index is -0.981. The van der Waals surface area contributed by atoms with Crippen LogP contribution in [0.2, 0.25) is 0 Å². The predicted molar refractivity (Wildman–Crippen MR) is 86.1 cm³/mol. The average Bonchev–Trinajstić information content (AvgIpc) is 2.41. The van der Waals surface area contributed by atoms with E-state index in [0.29, 0.717) is 12.5 Å². The van der Waals surface area contributed by atoms with Crippen LogP contribution in [0.3, 0.4) is 0 Å². The van der Waals surface area contributed by atoms with E-state index in [1.165, 1.54) is 19.3 Å². The standard InChI is InChI=1S/C14H28O2.C3H4O2/c1-11(2)9-7-6-8-10-16-14(15)13(5)12(3)4;1-2-3(4)5/h11-13H,6-10H2,1-5H3;2H,1H2,(H,4,5). The minimum Gasteiger partial charge on any atom is -0.478 e. The minimum absolute atomic E-state index is 0.0238. The normalized spacial score (nSPS) is 11.6. The third-order valence-electron chi connectivity index (χ3n) is 3.22. The summed E-state index contributed by atoms with van der Waals surface area (Å²) in [5.74, 6) is 0.150. The van der Waals surface area contributed by atoms with Crippen molar-refractivity contribution in [3.05, 3.63) is 12.7 Å². The van der Waals surface area contributed by atoms with Gasteiger partial charge in [-0.25, -0.2) is 4.79 Å². The fourth-order valence-electron chi connectivity index (χ4n) is 1.41. The van der Waals surface area contributed by atoms with Crippen molar-refractivity contribution >= 4 is 11.9 Å². The van der Waals surface area contributed by atoms with Crippen LogP contribution in [0.15, 0.2) is 12.7 Å². The largest absolute Gasteiger partial charge is 0.478 e. The lowest BCUT2D eigenvalue weighted by atomic mass is 9.99. The van der Waals surface area contributed by atoms with Crippen LogP contribution in [0.1, 0.15) is 60.3 Å². The highest BCUT2D eigenvalue weighted by Gasteiger charge is 2.17. The second-order valence-corrected chi connectivity index (χ2v) is 5.99. The number of hydrogen-bond acceptors (Lipinski definition) is 3. The molecular weight excluding hydrogens is 268 g/mol. The van der Waals surface area contributed by atoms with Crippen molar-refractivity contribution in [3.63, 3.8) is 0 Å². The fraction of sp³-hybridized carbons (Fsp3) is 0.765. The summed E-state index contributed by atoms with van der Waals surface area (Å²) in [7, 11) is 0. The zero-order chi connectivity index (χ0) is 16.8. The molecule has 0 aliphatic carbocycles. The van der Waals surface area contributed by atoms with Gasteiger partial charge in [0.1, 0.15) is 0 Å². The third-order valence-corrected chi connectivity index (χ3v) is 3.22. The number of hydrogen-bond donors (Lipinski definition) is 1. The molecule has 124 valence electrons.